The minimum absolute atomic E-state index is 0.00868. The van der Waals surface area contributed by atoms with E-state index in [2.05, 4.69) is 43.5 Å². The van der Waals surface area contributed by atoms with Gasteiger partial charge in [-0.2, -0.15) is 0 Å². The van der Waals surface area contributed by atoms with Crippen molar-refractivity contribution in [1.29, 1.82) is 0 Å². The monoisotopic (exact) mass is 1200 g/mol. The van der Waals surface area contributed by atoms with Gasteiger partial charge in [0.05, 0.1) is 25.4 Å². The SMILES string of the molecule is CCCC/C=C\C/C=C\CCCCCCCC(=O)OCCCCCCCCCCCCCCCCCCCCCCCCCCCCCCCCCCCCCC(=O)NC(CO)C(O)CCCCCCCCCCCCCCCCCCCCC. The molecule has 0 aromatic heterocycles. The molecule has 0 aromatic carbocycles. The first-order valence-electron chi connectivity index (χ1n) is 39.1. The minimum Gasteiger partial charge on any atom is -0.466 e. The van der Waals surface area contributed by atoms with Crippen LogP contribution < -0.4 is 5.32 Å². The van der Waals surface area contributed by atoms with Crippen LogP contribution in [0.15, 0.2) is 24.3 Å². The van der Waals surface area contributed by atoms with Crippen LogP contribution in [-0.4, -0.2) is 47.4 Å². The van der Waals surface area contributed by atoms with Gasteiger partial charge >= 0.3 is 5.97 Å². The summed E-state index contributed by atoms with van der Waals surface area (Å²) in [4.78, 5) is 24.6. The van der Waals surface area contributed by atoms with Gasteiger partial charge in [0.25, 0.3) is 0 Å². The predicted molar refractivity (Wildman–Crippen MR) is 375 cm³/mol. The van der Waals surface area contributed by atoms with Crippen molar-refractivity contribution >= 4 is 11.9 Å². The number of aliphatic hydroxyl groups is 2. The molecule has 504 valence electrons. The molecule has 0 aromatic rings. The summed E-state index contributed by atoms with van der Waals surface area (Å²) in [5.41, 5.74) is 0. The first kappa shape index (κ1) is 83.3. The topological polar surface area (TPSA) is 95.9 Å². The molecule has 0 spiro atoms. The number of allylic oxidation sites excluding steroid dienone is 4. The Morgan fingerprint density at radius 1 is 0.329 bits per heavy atom. The lowest BCUT2D eigenvalue weighted by Gasteiger charge is -2.22. The summed E-state index contributed by atoms with van der Waals surface area (Å²) in [6.45, 7) is 4.96. The lowest BCUT2D eigenvalue weighted by Crippen LogP contribution is -2.45. The normalized spacial score (nSPS) is 12.6. The number of carbonyl (C=O) groups is 2. The zero-order valence-corrected chi connectivity index (χ0v) is 57.9. The minimum atomic E-state index is -0.661. The van der Waals surface area contributed by atoms with E-state index < -0.39 is 12.1 Å². The average Bonchev–Trinajstić information content (AvgIpc) is 3.51. The molecule has 0 saturated heterocycles. The van der Waals surface area contributed by atoms with E-state index in [1.54, 1.807) is 0 Å². The Morgan fingerprint density at radius 2 is 0.600 bits per heavy atom. The van der Waals surface area contributed by atoms with E-state index in [4.69, 9.17) is 4.74 Å². The Kier molecular flexibility index (Phi) is 73.3. The number of hydrogen-bond acceptors (Lipinski definition) is 5. The highest BCUT2D eigenvalue weighted by molar-refractivity contribution is 5.76. The van der Waals surface area contributed by atoms with E-state index in [0.717, 1.165) is 51.4 Å². The van der Waals surface area contributed by atoms with E-state index in [1.807, 2.05) is 0 Å². The standard InChI is InChI=1S/C79H153NO5/c1-3-5-7-9-11-13-15-17-19-20-38-41-44-47-51-55-59-63-67-71-77(82)76(75-81)80-78(83)72-68-64-60-56-52-48-45-42-39-36-34-32-30-28-26-24-22-21-23-25-27-29-31-33-35-37-40-43-46-50-54-58-62-66-70-74-85-79(84)73-69-65-61-57-53-49-18-16-14-12-10-8-6-4-2/h10,12,16,18,76-77,81-82H,3-9,11,13-15,17,19-75H2,1-2H3,(H,80,83)/b12-10-,18-16-. The second-order valence-electron chi connectivity index (χ2n) is 27.0. The number of rotatable bonds is 74. The van der Waals surface area contributed by atoms with Gasteiger partial charge in [0, 0.05) is 12.8 Å². The van der Waals surface area contributed by atoms with Crippen molar-refractivity contribution in [2.24, 2.45) is 0 Å². The summed E-state index contributed by atoms with van der Waals surface area (Å²) in [5, 5.41) is 23.4. The van der Waals surface area contributed by atoms with Gasteiger partial charge in [0.1, 0.15) is 0 Å². The molecule has 0 aliphatic heterocycles. The molecule has 6 nitrogen and oxygen atoms in total. The molecule has 1 amide bonds. The average molecular weight is 1200 g/mol. The fourth-order valence-electron chi connectivity index (χ4n) is 12.5. The number of carbonyl (C=O) groups excluding carboxylic acids is 2. The second-order valence-corrected chi connectivity index (χ2v) is 27.0. The van der Waals surface area contributed by atoms with Crippen molar-refractivity contribution < 1.29 is 24.5 Å². The van der Waals surface area contributed by atoms with Gasteiger partial charge in [-0.3, -0.25) is 9.59 Å². The van der Waals surface area contributed by atoms with Crippen LogP contribution in [0, 0.1) is 0 Å². The third kappa shape index (κ3) is 71.3. The predicted octanol–water partition coefficient (Wildman–Crippen LogP) is 25.7. The molecule has 3 N–H and O–H groups in total. The van der Waals surface area contributed by atoms with Crippen molar-refractivity contribution in [2.45, 2.75) is 456 Å². The van der Waals surface area contributed by atoms with Gasteiger partial charge in [0.15, 0.2) is 0 Å². The molecule has 85 heavy (non-hydrogen) atoms. The van der Waals surface area contributed by atoms with Crippen LogP contribution in [0.5, 0.6) is 0 Å². The molecule has 0 aliphatic rings. The number of ether oxygens (including phenoxy) is 1. The van der Waals surface area contributed by atoms with Crippen LogP contribution in [0.4, 0.5) is 0 Å². The molecule has 0 saturated carbocycles. The maximum Gasteiger partial charge on any atom is 0.305 e. The molecular weight excluding hydrogens is 1040 g/mol. The number of aliphatic hydroxyl groups excluding tert-OH is 2. The van der Waals surface area contributed by atoms with Crippen molar-refractivity contribution in [3.63, 3.8) is 0 Å². The number of amides is 1. The molecule has 2 atom stereocenters. The molecule has 0 fully saturated rings. The van der Waals surface area contributed by atoms with E-state index >= 15 is 0 Å². The van der Waals surface area contributed by atoms with Crippen LogP contribution in [0.1, 0.15) is 444 Å². The number of esters is 1. The lowest BCUT2D eigenvalue weighted by molar-refractivity contribution is -0.143. The van der Waals surface area contributed by atoms with Crippen LogP contribution in [0.3, 0.4) is 0 Å². The van der Waals surface area contributed by atoms with Crippen LogP contribution >= 0.6 is 0 Å². The first-order chi connectivity index (χ1) is 42.0. The smallest absolute Gasteiger partial charge is 0.305 e. The zero-order chi connectivity index (χ0) is 61.3. The largest absolute Gasteiger partial charge is 0.466 e. The van der Waals surface area contributed by atoms with E-state index in [-0.39, 0.29) is 18.5 Å². The highest BCUT2D eigenvalue weighted by Crippen LogP contribution is 2.20. The van der Waals surface area contributed by atoms with E-state index in [1.165, 1.54) is 360 Å². The molecule has 0 heterocycles. The van der Waals surface area contributed by atoms with Crippen LogP contribution in [-0.2, 0) is 14.3 Å². The first-order valence-corrected chi connectivity index (χ1v) is 39.1. The summed E-state index contributed by atoms with van der Waals surface area (Å²) in [7, 11) is 0. The third-order valence-electron chi connectivity index (χ3n) is 18.5. The Morgan fingerprint density at radius 3 is 0.929 bits per heavy atom. The molecule has 6 heteroatoms. The van der Waals surface area contributed by atoms with Crippen molar-refractivity contribution in [3.8, 4) is 0 Å². The maximum atomic E-state index is 12.6. The summed E-state index contributed by atoms with van der Waals surface area (Å²) < 4.78 is 5.49. The van der Waals surface area contributed by atoms with Crippen LogP contribution in [0.2, 0.25) is 0 Å². The highest BCUT2D eigenvalue weighted by Gasteiger charge is 2.20. The molecular formula is C79H153NO5. The summed E-state index contributed by atoms with van der Waals surface area (Å²) >= 11 is 0. The van der Waals surface area contributed by atoms with E-state index in [0.29, 0.717) is 25.9 Å². The molecule has 0 aliphatic carbocycles. The van der Waals surface area contributed by atoms with Crippen molar-refractivity contribution in [3.05, 3.63) is 24.3 Å². The summed E-state index contributed by atoms with van der Waals surface area (Å²) in [5.74, 6) is -0.0162. The summed E-state index contributed by atoms with van der Waals surface area (Å²) in [6, 6.07) is -0.538. The number of hydrogen-bond donors (Lipinski definition) is 3. The van der Waals surface area contributed by atoms with Gasteiger partial charge in [-0.25, -0.2) is 0 Å². The van der Waals surface area contributed by atoms with Gasteiger partial charge in [-0.05, 0) is 51.4 Å². The zero-order valence-electron chi connectivity index (χ0n) is 57.9. The maximum absolute atomic E-state index is 12.6. The highest BCUT2D eigenvalue weighted by atomic mass is 16.5. The van der Waals surface area contributed by atoms with Gasteiger partial charge < -0.3 is 20.3 Å². The quantitative estimate of drug-likeness (QED) is 0.0320. The fourth-order valence-corrected chi connectivity index (χ4v) is 12.5. The fraction of sp³-hybridized carbons (Fsp3) is 0.924. The molecule has 0 radical (unpaired) electrons. The Balaban J connectivity index is 3.31. The second kappa shape index (κ2) is 74.8. The Hall–Kier alpha value is -1.66. The lowest BCUT2D eigenvalue weighted by atomic mass is 10.0. The van der Waals surface area contributed by atoms with Gasteiger partial charge in [0.2, 0.25) is 5.91 Å². The Bertz CT molecular complexity index is 1330. The molecule has 0 bridgehead atoms. The number of nitrogens with one attached hydrogen (secondary N) is 1. The van der Waals surface area contributed by atoms with Gasteiger partial charge in [-0.1, -0.05) is 404 Å². The van der Waals surface area contributed by atoms with Gasteiger partial charge in [-0.15, -0.1) is 0 Å². The number of unbranched alkanes of at least 4 members (excludes halogenated alkanes) is 59. The summed E-state index contributed by atoms with van der Waals surface area (Å²) in [6.07, 6.45) is 95.6. The van der Waals surface area contributed by atoms with Crippen LogP contribution in [0.25, 0.3) is 0 Å². The van der Waals surface area contributed by atoms with Crippen molar-refractivity contribution in [2.75, 3.05) is 13.2 Å². The third-order valence-corrected chi connectivity index (χ3v) is 18.5. The Labute approximate surface area is 532 Å². The van der Waals surface area contributed by atoms with E-state index in [9.17, 15) is 19.8 Å². The molecule has 2 unspecified atom stereocenters. The van der Waals surface area contributed by atoms with Crippen molar-refractivity contribution in [1.82, 2.24) is 5.32 Å². The molecule has 0 rings (SSSR count).